The summed E-state index contributed by atoms with van der Waals surface area (Å²) in [4.78, 5) is 47.2. The quantitative estimate of drug-likeness (QED) is 0.587. The lowest BCUT2D eigenvalue weighted by atomic mass is 9.82. The molecular weight excluding hydrogens is 462 g/mol. The molecule has 0 bridgehead atoms. The number of ketones is 1. The van der Waals surface area contributed by atoms with Gasteiger partial charge in [0.2, 0.25) is 0 Å². The van der Waals surface area contributed by atoms with E-state index in [0.717, 1.165) is 11.3 Å². The maximum atomic E-state index is 13.2. The van der Waals surface area contributed by atoms with E-state index >= 15 is 0 Å². The van der Waals surface area contributed by atoms with Crippen LogP contribution in [-0.4, -0.2) is 59.5 Å². The van der Waals surface area contributed by atoms with Crippen LogP contribution in [-0.2, 0) is 6.42 Å². The average Bonchev–Trinajstić information content (AvgIpc) is 2.89. The molecule has 186 valence electrons. The van der Waals surface area contributed by atoms with E-state index in [1.807, 2.05) is 24.3 Å². The van der Waals surface area contributed by atoms with Crippen LogP contribution in [0.2, 0.25) is 0 Å². The van der Waals surface area contributed by atoms with Gasteiger partial charge in [0.1, 0.15) is 34.4 Å². The van der Waals surface area contributed by atoms with Crippen LogP contribution in [0.3, 0.4) is 0 Å². The second-order valence-electron chi connectivity index (χ2n) is 9.14. The van der Waals surface area contributed by atoms with E-state index in [-0.39, 0.29) is 29.4 Å². The Labute approximate surface area is 208 Å². The summed E-state index contributed by atoms with van der Waals surface area (Å²) in [6.07, 6.45) is 1.66. The lowest BCUT2D eigenvalue weighted by molar-refractivity contribution is -0.00592. The molecule has 1 spiro atoms. The van der Waals surface area contributed by atoms with Gasteiger partial charge in [-0.2, -0.15) is 0 Å². The summed E-state index contributed by atoms with van der Waals surface area (Å²) in [7, 11) is 3.15. The molecule has 1 amide bonds. The monoisotopic (exact) mass is 489 g/mol. The van der Waals surface area contributed by atoms with Crippen molar-refractivity contribution < 1.29 is 23.8 Å². The SMILES string of the molecule is COc1ccc(Cc2nc(C(=O)N3CCC4(CC3)CC(=O)c3cc(OC)ccc3O4)cc(=O)[nH]2)cc1. The average molecular weight is 490 g/mol. The third-order valence-electron chi connectivity index (χ3n) is 6.80. The third kappa shape index (κ3) is 4.68. The Balaban J connectivity index is 1.28. The van der Waals surface area contributed by atoms with Crippen LogP contribution in [0.1, 0.15) is 51.5 Å². The van der Waals surface area contributed by atoms with Crippen LogP contribution < -0.4 is 19.8 Å². The molecule has 0 aliphatic carbocycles. The Bertz CT molecular complexity index is 1360. The van der Waals surface area contributed by atoms with E-state index in [4.69, 9.17) is 14.2 Å². The molecule has 1 saturated heterocycles. The number of rotatable bonds is 5. The van der Waals surface area contributed by atoms with E-state index < -0.39 is 5.60 Å². The van der Waals surface area contributed by atoms with Crippen LogP contribution in [0, 0.1) is 0 Å². The zero-order valence-corrected chi connectivity index (χ0v) is 20.2. The molecule has 0 unspecified atom stereocenters. The summed E-state index contributed by atoms with van der Waals surface area (Å²) >= 11 is 0. The van der Waals surface area contributed by atoms with Gasteiger partial charge >= 0.3 is 0 Å². The van der Waals surface area contributed by atoms with E-state index in [1.54, 1.807) is 37.3 Å². The van der Waals surface area contributed by atoms with Gasteiger partial charge in [0, 0.05) is 38.4 Å². The van der Waals surface area contributed by atoms with Gasteiger partial charge in [-0.3, -0.25) is 14.4 Å². The number of piperidine rings is 1. The summed E-state index contributed by atoms with van der Waals surface area (Å²) in [5.41, 5.74) is 0.544. The second kappa shape index (κ2) is 9.49. The molecule has 9 nitrogen and oxygen atoms in total. The van der Waals surface area contributed by atoms with Crippen molar-refractivity contribution in [1.82, 2.24) is 14.9 Å². The van der Waals surface area contributed by atoms with Gasteiger partial charge in [0.05, 0.1) is 26.2 Å². The number of aromatic amines is 1. The van der Waals surface area contributed by atoms with Crippen molar-refractivity contribution in [2.75, 3.05) is 27.3 Å². The number of benzene rings is 2. The van der Waals surface area contributed by atoms with Crippen molar-refractivity contribution in [3.63, 3.8) is 0 Å². The van der Waals surface area contributed by atoms with Gasteiger partial charge in [0.15, 0.2) is 5.78 Å². The fraction of sp³-hybridized carbons (Fsp3) is 0.333. The Kier molecular flexibility index (Phi) is 6.22. The summed E-state index contributed by atoms with van der Waals surface area (Å²) in [6.45, 7) is 0.805. The number of amides is 1. The molecule has 2 aromatic carbocycles. The number of ether oxygens (including phenoxy) is 3. The highest BCUT2D eigenvalue weighted by atomic mass is 16.5. The molecule has 2 aliphatic rings. The minimum absolute atomic E-state index is 0.00867. The van der Waals surface area contributed by atoms with Crippen LogP contribution >= 0.6 is 0 Å². The van der Waals surface area contributed by atoms with E-state index in [0.29, 0.717) is 55.2 Å². The Morgan fingerprint density at radius 1 is 1.03 bits per heavy atom. The van der Waals surface area contributed by atoms with Gasteiger partial charge in [-0.1, -0.05) is 12.1 Å². The van der Waals surface area contributed by atoms with E-state index in [1.165, 1.54) is 6.07 Å². The predicted molar refractivity (Wildman–Crippen MR) is 131 cm³/mol. The molecule has 0 radical (unpaired) electrons. The minimum Gasteiger partial charge on any atom is -0.497 e. The summed E-state index contributed by atoms with van der Waals surface area (Å²) in [5, 5.41) is 0. The summed E-state index contributed by atoms with van der Waals surface area (Å²) < 4.78 is 16.7. The lowest BCUT2D eigenvalue weighted by Crippen LogP contribution is -2.52. The van der Waals surface area contributed by atoms with Gasteiger partial charge in [-0.05, 0) is 35.9 Å². The first-order valence-electron chi connectivity index (χ1n) is 11.8. The fourth-order valence-corrected chi connectivity index (χ4v) is 4.80. The van der Waals surface area contributed by atoms with Gasteiger partial charge in [-0.15, -0.1) is 0 Å². The van der Waals surface area contributed by atoms with Crippen molar-refractivity contribution >= 4 is 11.7 Å². The molecule has 3 aromatic rings. The van der Waals surface area contributed by atoms with Crippen molar-refractivity contribution in [1.29, 1.82) is 0 Å². The number of carbonyl (C=O) groups excluding carboxylic acids is 2. The first-order valence-corrected chi connectivity index (χ1v) is 11.8. The van der Waals surface area contributed by atoms with E-state index in [2.05, 4.69) is 9.97 Å². The number of Topliss-reactive ketones (excluding diaryl/α,β-unsaturated/α-hetero) is 1. The number of likely N-dealkylation sites (tertiary alicyclic amines) is 1. The summed E-state index contributed by atoms with van der Waals surface area (Å²) in [5.74, 6) is 2.01. The molecule has 5 rings (SSSR count). The minimum atomic E-state index is -0.642. The van der Waals surface area contributed by atoms with Gasteiger partial charge < -0.3 is 24.1 Å². The zero-order valence-electron chi connectivity index (χ0n) is 20.2. The highest BCUT2D eigenvalue weighted by molar-refractivity contribution is 6.00. The summed E-state index contributed by atoms with van der Waals surface area (Å²) in [6, 6.07) is 13.9. The van der Waals surface area contributed by atoms with Crippen molar-refractivity contribution in [2.45, 2.75) is 31.3 Å². The Morgan fingerprint density at radius 2 is 1.72 bits per heavy atom. The lowest BCUT2D eigenvalue weighted by Gasteiger charge is -2.43. The predicted octanol–water partition coefficient (Wildman–Crippen LogP) is 3.02. The second-order valence-corrected chi connectivity index (χ2v) is 9.14. The van der Waals surface area contributed by atoms with Crippen LogP contribution in [0.15, 0.2) is 53.3 Å². The maximum Gasteiger partial charge on any atom is 0.272 e. The van der Waals surface area contributed by atoms with Gasteiger partial charge in [-0.25, -0.2) is 4.98 Å². The number of nitrogens with zero attached hydrogens (tertiary/aromatic N) is 2. The van der Waals surface area contributed by atoms with Crippen LogP contribution in [0.25, 0.3) is 0 Å². The number of H-pyrrole nitrogens is 1. The number of nitrogens with one attached hydrogen (secondary N) is 1. The fourth-order valence-electron chi connectivity index (χ4n) is 4.80. The van der Waals surface area contributed by atoms with E-state index in [9.17, 15) is 14.4 Å². The number of aromatic nitrogens is 2. The normalized spacial score (nSPS) is 16.3. The smallest absolute Gasteiger partial charge is 0.272 e. The zero-order chi connectivity index (χ0) is 25.3. The topological polar surface area (TPSA) is 111 Å². The molecule has 2 aliphatic heterocycles. The van der Waals surface area contributed by atoms with Crippen LogP contribution in [0.5, 0.6) is 17.2 Å². The largest absolute Gasteiger partial charge is 0.497 e. The maximum absolute atomic E-state index is 13.2. The first kappa shape index (κ1) is 23.6. The molecule has 3 heterocycles. The van der Waals surface area contributed by atoms with Crippen LogP contribution in [0.4, 0.5) is 0 Å². The number of methoxy groups -OCH3 is 2. The highest BCUT2D eigenvalue weighted by Crippen LogP contribution is 2.40. The Hall–Kier alpha value is -4.14. The standard InChI is InChI=1S/C27H27N3O6/c1-34-18-5-3-17(4-6-18)13-24-28-21(15-25(32)29-24)26(33)30-11-9-27(10-12-30)16-22(31)20-14-19(35-2)7-8-23(20)36-27/h3-8,14-15H,9-13,16H2,1-2H3,(H,28,29,32). The van der Waals surface area contributed by atoms with Crippen molar-refractivity contribution in [2.24, 2.45) is 0 Å². The molecule has 0 atom stereocenters. The first-order chi connectivity index (χ1) is 17.4. The number of hydrogen-bond acceptors (Lipinski definition) is 7. The molecular formula is C27H27N3O6. The molecule has 0 saturated carbocycles. The Morgan fingerprint density at radius 3 is 2.42 bits per heavy atom. The number of hydrogen-bond donors (Lipinski definition) is 1. The molecule has 1 N–H and O–H groups in total. The van der Waals surface area contributed by atoms with Crippen molar-refractivity contribution in [3.8, 4) is 17.2 Å². The molecule has 1 aromatic heterocycles. The number of fused-ring (bicyclic) bond motifs is 1. The van der Waals surface area contributed by atoms with Gasteiger partial charge in [0.25, 0.3) is 11.5 Å². The molecule has 9 heteroatoms. The highest BCUT2D eigenvalue weighted by Gasteiger charge is 2.44. The molecule has 36 heavy (non-hydrogen) atoms. The van der Waals surface area contributed by atoms with Crippen molar-refractivity contribution in [3.05, 3.63) is 81.5 Å². The third-order valence-corrected chi connectivity index (χ3v) is 6.80. The number of carbonyl (C=O) groups is 2. The molecule has 1 fully saturated rings.